The lowest BCUT2D eigenvalue weighted by Gasteiger charge is -2.29. The van der Waals surface area contributed by atoms with Gasteiger partial charge >= 0.3 is 0 Å². The second kappa shape index (κ2) is 6.86. The van der Waals surface area contributed by atoms with Gasteiger partial charge in [-0.05, 0) is 44.9 Å². The summed E-state index contributed by atoms with van der Waals surface area (Å²) in [6.45, 7) is 6.44. The molecule has 1 aliphatic heterocycles. The second-order valence-electron chi connectivity index (χ2n) is 5.77. The fourth-order valence-corrected chi connectivity index (χ4v) is 2.79. The fraction of sp³-hybridized carbons (Fsp3) is 0.562. The summed E-state index contributed by atoms with van der Waals surface area (Å²) >= 11 is 0. The Morgan fingerprint density at radius 1 is 1.40 bits per heavy atom. The molecule has 1 amide bonds. The molecule has 4 nitrogen and oxygen atoms in total. The summed E-state index contributed by atoms with van der Waals surface area (Å²) in [5.41, 5.74) is 0.949. The Morgan fingerprint density at radius 3 is 2.65 bits per heavy atom. The number of aliphatic hydroxyl groups excluding tert-OH is 1. The van der Waals surface area contributed by atoms with Crippen molar-refractivity contribution in [2.75, 3.05) is 31.1 Å². The third-order valence-electron chi connectivity index (χ3n) is 3.81. The summed E-state index contributed by atoms with van der Waals surface area (Å²) in [6.07, 6.45) is 0.983. The van der Waals surface area contributed by atoms with Crippen LogP contribution in [0.3, 0.4) is 0 Å². The zero-order valence-corrected chi connectivity index (χ0v) is 12.3. The lowest BCUT2D eigenvalue weighted by Crippen LogP contribution is -2.43. The molecule has 4 heteroatoms. The molecule has 20 heavy (non-hydrogen) atoms. The van der Waals surface area contributed by atoms with Crippen LogP contribution in [0.1, 0.15) is 20.3 Å². The molecule has 0 aromatic heterocycles. The maximum Gasteiger partial charge on any atom is 0.241 e. The van der Waals surface area contributed by atoms with Gasteiger partial charge in [0.15, 0.2) is 0 Å². The highest BCUT2D eigenvalue weighted by Gasteiger charge is 2.26. The minimum absolute atomic E-state index is 0.129. The number of carbonyl (C=O) groups is 1. The zero-order valence-electron chi connectivity index (χ0n) is 12.3. The van der Waals surface area contributed by atoms with E-state index < -0.39 is 0 Å². The van der Waals surface area contributed by atoms with E-state index in [2.05, 4.69) is 4.90 Å². The summed E-state index contributed by atoms with van der Waals surface area (Å²) in [5, 5.41) is 9.17. The molecule has 1 fully saturated rings. The molecule has 1 heterocycles. The Kier molecular flexibility index (Phi) is 5.15. The van der Waals surface area contributed by atoms with Crippen molar-refractivity contribution in [1.29, 1.82) is 0 Å². The van der Waals surface area contributed by atoms with Gasteiger partial charge in [0.25, 0.3) is 0 Å². The summed E-state index contributed by atoms with van der Waals surface area (Å²) in [7, 11) is 0. The van der Waals surface area contributed by atoms with Gasteiger partial charge in [0, 0.05) is 24.9 Å². The lowest BCUT2D eigenvalue weighted by atomic mass is 10.1. The zero-order chi connectivity index (χ0) is 14.5. The first-order chi connectivity index (χ1) is 9.61. The molecule has 0 aliphatic carbocycles. The van der Waals surface area contributed by atoms with Crippen molar-refractivity contribution in [1.82, 2.24) is 4.90 Å². The van der Waals surface area contributed by atoms with E-state index in [9.17, 15) is 9.90 Å². The monoisotopic (exact) mass is 276 g/mol. The molecule has 0 bridgehead atoms. The highest BCUT2D eigenvalue weighted by atomic mass is 16.3. The number of hydrogen-bond acceptors (Lipinski definition) is 3. The number of hydrogen-bond donors (Lipinski definition) is 1. The first-order valence-corrected chi connectivity index (χ1v) is 7.32. The van der Waals surface area contributed by atoms with E-state index >= 15 is 0 Å². The highest BCUT2D eigenvalue weighted by Crippen LogP contribution is 2.19. The number of nitrogens with zero attached hydrogens (tertiary/aromatic N) is 2. The minimum Gasteiger partial charge on any atom is -0.396 e. The predicted octanol–water partition coefficient (Wildman–Crippen LogP) is 1.74. The van der Waals surface area contributed by atoms with Crippen LogP contribution in [0.25, 0.3) is 0 Å². The molecule has 1 aromatic carbocycles. The number of carbonyl (C=O) groups excluding carboxylic acids is 1. The van der Waals surface area contributed by atoms with Gasteiger partial charge in [-0.1, -0.05) is 18.2 Å². The number of benzene rings is 1. The van der Waals surface area contributed by atoms with Crippen LogP contribution in [0.5, 0.6) is 0 Å². The number of amides is 1. The summed E-state index contributed by atoms with van der Waals surface area (Å²) in [6, 6.07) is 9.95. The fourth-order valence-electron chi connectivity index (χ4n) is 2.79. The third-order valence-corrected chi connectivity index (χ3v) is 3.81. The van der Waals surface area contributed by atoms with E-state index in [1.54, 1.807) is 0 Å². The Balaban J connectivity index is 2.02. The Bertz CT molecular complexity index is 433. The van der Waals surface area contributed by atoms with Crippen molar-refractivity contribution >= 4 is 11.6 Å². The Hall–Kier alpha value is -1.39. The van der Waals surface area contributed by atoms with E-state index in [4.69, 9.17) is 0 Å². The molecule has 0 radical (unpaired) electrons. The quantitative estimate of drug-likeness (QED) is 0.891. The van der Waals surface area contributed by atoms with Crippen LogP contribution in [-0.4, -0.2) is 48.2 Å². The molecular formula is C16H24N2O2. The molecule has 0 spiro atoms. The maximum atomic E-state index is 12.6. The van der Waals surface area contributed by atoms with Gasteiger partial charge in [0.05, 0.1) is 6.54 Å². The summed E-state index contributed by atoms with van der Waals surface area (Å²) < 4.78 is 0. The van der Waals surface area contributed by atoms with Gasteiger partial charge < -0.3 is 10.0 Å². The van der Waals surface area contributed by atoms with Crippen molar-refractivity contribution < 1.29 is 9.90 Å². The molecule has 1 atom stereocenters. The molecule has 1 aliphatic rings. The number of anilines is 1. The van der Waals surface area contributed by atoms with Gasteiger partial charge in [0.2, 0.25) is 5.91 Å². The molecular weight excluding hydrogens is 252 g/mol. The minimum atomic E-state index is 0.129. The number of likely N-dealkylation sites (tertiary alicyclic amines) is 1. The maximum absolute atomic E-state index is 12.6. The van der Waals surface area contributed by atoms with Crippen LogP contribution >= 0.6 is 0 Å². The van der Waals surface area contributed by atoms with Gasteiger partial charge in [-0.25, -0.2) is 0 Å². The third kappa shape index (κ3) is 3.58. The summed E-state index contributed by atoms with van der Waals surface area (Å²) in [4.78, 5) is 16.6. The van der Waals surface area contributed by atoms with Crippen molar-refractivity contribution in [3.8, 4) is 0 Å². The van der Waals surface area contributed by atoms with Crippen molar-refractivity contribution in [3.63, 3.8) is 0 Å². The average Bonchev–Trinajstić information content (AvgIpc) is 2.87. The lowest BCUT2D eigenvalue weighted by molar-refractivity contribution is -0.119. The van der Waals surface area contributed by atoms with Crippen LogP contribution in [0.15, 0.2) is 30.3 Å². The van der Waals surface area contributed by atoms with Crippen molar-refractivity contribution in [3.05, 3.63) is 30.3 Å². The van der Waals surface area contributed by atoms with E-state index in [-0.39, 0.29) is 18.6 Å². The van der Waals surface area contributed by atoms with Gasteiger partial charge in [-0.2, -0.15) is 0 Å². The first kappa shape index (κ1) is 15.0. The van der Waals surface area contributed by atoms with Crippen LogP contribution in [0, 0.1) is 5.92 Å². The number of aliphatic hydroxyl groups is 1. The van der Waals surface area contributed by atoms with E-state index in [0.717, 1.165) is 25.2 Å². The number of para-hydroxylation sites is 1. The molecule has 1 unspecified atom stereocenters. The molecule has 2 rings (SSSR count). The first-order valence-electron chi connectivity index (χ1n) is 7.32. The predicted molar refractivity (Wildman–Crippen MR) is 80.7 cm³/mol. The SMILES string of the molecule is CC(C)N(C(=O)CN1CCC(CO)C1)c1ccccc1. The van der Waals surface area contributed by atoms with E-state index in [0.29, 0.717) is 12.5 Å². The molecule has 1 aromatic rings. The molecule has 0 saturated carbocycles. The normalized spacial score (nSPS) is 19.5. The van der Waals surface area contributed by atoms with Gasteiger partial charge in [-0.15, -0.1) is 0 Å². The largest absolute Gasteiger partial charge is 0.396 e. The van der Waals surface area contributed by atoms with Crippen molar-refractivity contribution in [2.24, 2.45) is 5.92 Å². The molecule has 1 saturated heterocycles. The van der Waals surface area contributed by atoms with Crippen LogP contribution in [0.2, 0.25) is 0 Å². The highest BCUT2D eigenvalue weighted by molar-refractivity contribution is 5.95. The average molecular weight is 276 g/mol. The Morgan fingerprint density at radius 2 is 2.10 bits per heavy atom. The van der Waals surface area contributed by atoms with Crippen LogP contribution in [0.4, 0.5) is 5.69 Å². The summed E-state index contributed by atoms with van der Waals surface area (Å²) in [5.74, 6) is 0.455. The smallest absolute Gasteiger partial charge is 0.241 e. The standard InChI is InChI=1S/C16H24N2O2/c1-13(2)18(15-6-4-3-5-7-15)16(20)11-17-9-8-14(10-17)12-19/h3-7,13-14,19H,8-12H2,1-2H3. The molecule has 1 N–H and O–H groups in total. The van der Waals surface area contributed by atoms with Gasteiger partial charge in [0.1, 0.15) is 0 Å². The van der Waals surface area contributed by atoms with Crippen LogP contribution < -0.4 is 4.90 Å². The molecule has 110 valence electrons. The Labute approximate surface area is 121 Å². The topological polar surface area (TPSA) is 43.8 Å². The number of rotatable bonds is 5. The second-order valence-corrected chi connectivity index (χ2v) is 5.77. The van der Waals surface area contributed by atoms with Crippen molar-refractivity contribution in [2.45, 2.75) is 26.3 Å². The van der Waals surface area contributed by atoms with Gasteiger partial charge in [-0.3, -0.25) is 9.69 Å². The van der Waals surface area contributed by atoms with Crippen LogP contribution in [-0.2, 0) is 4.79 Å². The van der Waals surface area contributed by atoms with E-state index in [1.165, 1.54) is 0 Å². The van der Waals surface area contributed by atoms with E-state index in [1.807, 2.05) is 49.1 Å².